The van der Waals surface area contributed by atoms with Crippen LogP contribution in [0.25, 0.3) is 0 Å². The van der Waals surface area contributed by atoms with Crippen molar-refractivity contribution in [2.24, 2.45) is 0 Å². The largest absolute Gasteiger partial charge is 0.381 e. The lowest BCUT2D eigenvalue weighted by Crippen LogP contribution is -2.19. The van der Waals surface area contributed by atoms with Crippen LogP contribution in [0.5, 0.6) is 0 Å². The van der Waals surface area contributed by atoms with Gasteiger partial charge in [0.25, 0.3) is 0 Å². The zero-order valence-corrected chi connectivity index (χ0v) is 9.55. The average Bonchev–Trinajstić information content (AvgIpc) is 2.67. The molecule has 0 unspecified atom stereocenters. The third-order valence-corrected chi connectivity index (χ3v) is 2.24. The number of nitrogens with one attached hydrogen (secondary N) is 1. The number of nitrogens with zero attached hydrogens (tertiary/aromatic N) is 3. The number of hydrogen-bond donors (Lipinski definition) is 2. The summed E-state index contributed by atoms with van der Waals surface area (Å²) in [5.74, 6) is 0.0708. The molecule has 0 radical (unpaired) electrons. The molecular weight excluding hydrogens is 242 g/mol. The summed E-state index contributed by atoms with van der Waals surface area (Å²) in [6.45, 7) is 0.0623. The minimum Gasteiger partial charge on any atom is -0.381 e. The number of carbonyl (C=O) groups excluding carboxylic acids is 1. The molecule has 0 atom stereocenters. The Morgan fingerprint density at radius 2 is 2.12 bits per heavy atom. The van der Waals surface area contributed by atoms with Gasteiger partial charge in [0.2, 0.25) is 5.91 Å². The monoisotopic (exact) mass is 251 g/mol. The number of anilines is 2. The van der Waals surface area contributed by atoms with E-state index in [1.807, 2.05) is 0 Å². The Morgan fingerprint density at radius 1 is 1.41 bits per heavy atom. The highest BCUT2D eigenvalue weighted by atomic mass is 35.5. The van der Waals surface area contributed by atoms with Crippen LogP contribution in [0, 0.1) is 0 Å². The van der Waals surface area contributed by atoms with Crippen LogP contribution < -0.4 is 11.1 Å². The van der Waals surface area contributed by atoms with Crippen molar-refractivity contribution in [3.05, 3.63) is 35.5 Å². The summed E-state index contributed by atoms with van der Waals surface area (Å²) >= 11 is 5.73. The van der Waals surface area contributed by atoms with E-state index in [4.69, 9.17) is 17.3 Å². The van der Waals surface area contributed by atoms with E-state index in [0.717, 1.165) is 0 Å². The standard InChI is InChI=1S/C10H10ClN5O/c11-7-1-3-8(4-2-7)13-10(17)6-16-5-9(12)14-15-16/h1-5H,6,12H2,(H,13,17). The Balaban J connectivity index is 1.95. The molecule has 1 amide bonds. The molecular formula is C10H10ClN5O. The second-order valence-electron chi connectivity index (χ2n) is 3.40. The van der Waals surface area contributed by atoms with Gasteiger partial charge in [-0.15, -0.1) is 5.10 Å². The maximum atomic E-state index is 11.6. The quantitative estimate of drug-likeness (QED) is 0.857. The topological polar surface area (TPSA) is 85.8 Å². The number of nitrogen functional groups attached to an aromatic ring is 1. The molecule has 1 heterocycles. The van der Waals surface area contributed by atoms with Gasteiger partial charge < -0.3 is 11.1 Å². The Labute approximate surface area is 102 Å². The maximum absolute atomic E-state index is 11.6. The summed E-state index contributed by atoms with van der Waals surface area (Å²) in [5, 5.41) is 10.6. The van der Waals surface area contributed by atoms with Gasteiger partial charge in [-0.2, -0.15) is 0 Å². The van der Waals surface area contributed by atoms with Gasteiger partial charge in [-0.25, -0.2) is 4.68 Å². The number of aromatic nitrogens is 3. The minimum absolute atomic E-state index is 0.0623. The number of amides is 1. The van der Waals surface area contributed by atoms with Gasteiger partial charge in [0.05, 0.1) is 6.20 Å². The Bertz CT molecular complexity index is 522. The first kappa shape index (κ1) is 11.4. The molecule has 88 valence electrons. The fourth-order valence-electron chi connectivity index (χ4n) is 1.27. The van der Waals surface area contributed by atoms with Crippen LogP contribution in [0.4, 0.5) is 11.5 Å². The molecule has 0 aliphatic rings. The molecule has 2 rings (SSSR count). The molecule has 1 aromatic carbocycles. The molecule has 17 heavy (non-hydrogen) atoms. The van der Waals surface area contributed by atoms with E-state index < -0.39 is 0 Å². The Morgan fingerprint density at radius 3 is 2.71 bits per heavy atom. The Kier molecular flexibility index (Phi) is 3.24. The maximum Gasteiger partial charge on any atom is 0.246 e. The normalized spacial score (nSPS) is 10.2. The molecule has 6 nitrogen and oxygen atoms in total. The number of halogens is 1. The molecule has 7 heteroatoms. The predicted octanol–water partition coefficient (Wildman–Crippen LogP) is 1.15. The van der Waals surface area contributed by atoms with Crippen LogP contribution in [0.1, 0.15) is 0 Å². The number of carbonyl (C=O) groups is 1. The van der Waals surface area contributed by atoms with Crippen molar-refractivity contribution in [3.8, 4) is 0 Å². The molecule has 0 saturated carbocycles. The molecule has 0 fully saturated rings. The predicted molar refractivity (Wildman–Crippen MR) is 64.5 cm³/mol. The van der Waals surface area contributed by atoms with Crippen molar-refractivity contribution in [2.45, 2.75) is 6.54 Å². The first-order chi connectivity index (χ1) is 8.13. The zero-order valence-electron chi connectivity index (χ0n) is 8.80. The highest BCUT2D eigenvalue weighted by molar-refractivity contribution is 6.30. The minimum atomic E-state index is -0.211. The molecule has 3 N–H and O–H groups in total. The van der Waals surface area contributed by atoms with Crippen LogP contribution in [0.15, 0.2) is 30.5 Å². The number of nitrogens with two attached hydrogens (primary N) is 1. The number of benzene rings is 1. The van der Waals surface area contributed by atoms with E-state index in [1.165, 1.54) is 10.9 Å². The second kappa shape index (κ2) is 4.84. The average molecular weight is 252 g/mol. The van der Waals surface area contributed by atoms with Crippen LogP contribution in [-0.4, -0.2) is 20.9 Å². The van der Waals surface area contributed by atoms with Gasteiger partial charge >= 0.3 is 0 Å². The van der Waals surface area contributed by atoms with E-state index in [-0.39, 0.29) is 18.3 Å². The fourth-order valence-corrected chi connectivity index (χ4v) is 1.40. The second-order valence-corrected chi connectivity index (χ2v) is 3.83. The van der Waals surface area contributed by atoms with Crippen molar-refractivity contribution in [3.63, 3.8) is 0 Å². The van der Waals surface area contributed by atoms with Crippen molar-refractivity contribution in [2.75, 3.05) is 11.1 Å². The smallest absolute Gasteiger partial charge is 0.246 e. The molecule has 0 aliphatic heterocycles. The molecule has 0 aliphatic carbocycles. The van der Waals surface area contributed by atoms with Gasteiger partial charge in [-0.1, -0.05) is 16.8 Å². The number of rotatable bonds is 3. The van der Waals surface area contributed by atoms with Gasteiger partial charge in [0, 0.05) is 10.7 Å². The van der Waals surface area contributed by atoms with Crippen LogP contribution in [0.3, 0.4) is 0 Å². The van der Waals surface area contributed by atoms with Gasteiger partial charge in [-0.05, 0) is 24.3 Å². The highest BCUT2D eigenvalue weighted by Crippen LogP contribution is 2.13. The van der Waals surface area contributed by atoms with E-state index in [9.17, 15) is 4.79 Å². The number of hydrogen-bond acceptors (Lipinski definition) is 4. The summed E-state index contributed by atoms with van der Waals surface area (Å²) in [4.78, 5) is 11.6. The SMILES string of the molecule is Nc1cn(CC(=O)Nc2ccc(Cl)cc2)nn1. The zero-order chi connectivity index (χ0) is 12.3. The van der Waals surface area contributed by atoms with E-state index in [0.29, 0.717) is 10.7 Å². The first-order valence-corrected chi connectivity index (χ1v) is 5.22. The molecule has 1 aromatic heterocycles. The van der Waals surface area contributed by atoms with Gasteiger partial charge in [-0.3, -0.25) is 4.79 Å². The summed E-state index contributed by atoms with van der Waals surface area (Å²) in [7, 11) is 0. The lowest BCUT2D eigenvalue weighted by atomic mass is 10.3. The third kappa shape index (κ3) is 3.18. The van der Waals surface area contributed by atoms with Crippen LogP contribution in [-0.2, 0) is 11.3 Å². The summed E-state index contributed by atoms with van der Waals surface area (Å²) in [6, 6.07) is 6.83. The summed E-state index contributed by atoms with van der Waals surface area (Å²) in [6.07, 6.45) is 1.49. The molecule has 0 spiro atoms. The summed E-state index contributed by atoms with van der Waals surface area (Å²) in [5.41, 5.74) is 6.06. The van der Waals surface area contributed by atoms with Crippen molar-refractivity contribution in [1.29, 1.82) is 0 Å². The molecule has 0 bridgehead atoms. The third-order valence-electron chi connectivity index (χ3n) is 1.99. The lowest BCUT2D eigenvalue weighted by molar-refractivity contribution is -0.116. The lowest BCUT2D eigenvalue weighted by Gasteiger charge is -2.04. The van der Waals surface area contributed by atoms with Gasteiger partial charge in [0.1, 0.15) is 6.54 Å². The molecule has 2 aromatic rings. The van der Waals surface area contributed by atoms with E-state index >= 15 is 0 Å². The molecule has 0 saturated heterocycles. The fraction of sp³-hybridized carbons (Fsp3) is 0.100. The van der Waals surface area contributed by atoms with Crippen LogP contribution in [0.2, 0.25) is 5.02 Å². The van der Waals surface area contributed by atoms with E-state index in [2.05, 4.69) is 15.6 Å². The van der Waals surface area contributed by atoms with Crippen molar-refractivity contribution >= 4 is 29.0 Å². The van der Waals surface area contributed by atoms with Crippen LogP contribution >= 0.6 is 11.6 Å². The first-order valence-electron chi connectivity index (χ1n) is 4.84. The Hall–Kier alpha value is -2.08. The van der Waals surface area contributed by atoms with Crippen molar-refractivity contribution < 1.29 is 4.79 Å². The van der Waals surface area contributed by atoms with E-state index in [1.54, 1.807) is 24.3 Å². The summed E-state index contributed by atoms with van der Waals surface area (Å²) < 4.78 is 1.36. The van der Waals surface area contributed by atoms with Crippen molar-refractivity contribution in [1.82, 2.24) is 15.0 Å². The van der Waals surface area contributed by atoms with Gasteiger partial charge in [0.15, 0.2) is 5.82 Å². The highest BCUT2D eigenvalue weighted by Gasteiger charge is 2.05.